The van der Waals surface area contributed by atoms with Crippen molar-refractivity contribution >= 4 is 15.9 Å². The first kappa shape index (κ1) is 23.2. The molecule has 0 aromatic heterocycles. The minimum Gasteiger partial charge on any atom is -0.493 e. The van der Waals surface area contributed by atoms with Gasteiger partial charge in [0.15, 0.2) is 0 Å². The van der Waals surface area contributed by atoms with E-state index >= 15 is 0 Å². The maximum absolute atomic E-state index is 10.4. The third-order valence-electron chi connectivity index (χ3n) is 5.61. The molecule has 0 spiro atoms. The summed E-state index contributed by atoms with van der Waals surface area (Å²) >= 11 is 3.69. The summed E-state index contributed by atoms with van der Waals surface area (Å²) in [6, 6.07) is 12.6. The molecule has 1 heterocycles. The first-order valence-electron chi connectivity index (χ1n) is 10.5. The van der Waals surface area contributed by atoms with Gasteiger partial charge in [0.25, 0.3) is 0 Å². The summed E-state index contributed by atoms with van der Waals surface area (Å²) in [6.07, 6.45) is 1.25. The molecule has 1 aliphatic rings. The van der Waals surface area contributed by atoms with E-state index in [1.165, 1.54) is 11.1 Å². The van der Waals surface area contributed by atoms with Gasteiger partial charge in [-0.1, -0.05) is 47.1 Å². The summed E-state index contributed by atoms with van der Waals surface area (Å²) in [4.78, 5) is 0. The summed E-state index contributed by atoms with van der Waals surface area (Å²) < 4.78 is 18.8. The Hall–Kier alpha value is -1.44. The minimum absolute atomic E-state index is 0.181. The van der Waals surface area contributed by atoms with Gasteiger partial charge in [0.2, 0.25) is 5.79 Å². The van der Waals surface area contributed by atoms with Gasteiger partial charge in [0.05, 0.1) is 31.0 Å². The van der Waals surface area contributed by atoms with Crippen LogP contribution >= 0.6 is 15.9 Å². The number of aliphatic hydroxyl groups is 2. The van der Waals surface area contributed by atoms with Crippen LogP contribution in [0, 0.1) is 0 Å². The molecule has 0 aliphatic carbocycles. The molecule has 30 heavy (non-hydrogen) atoms. The summed E-state index contributed by atoms with van der Waals surface area (Å²) in [7, 11) is 1.56. The maximum Gasteiger partial charge on any atom is 0.201 e. The number of aryl methyl sites for hydroxylation is 1. The molecule has 0 bridgehead atoms. The normalized spacial score (nSPS) is 24.1. The lowest BCUT2D eigenvalue weighted by molar-refractivity contribution is -0.299. The third kappa shape index (κ3) is 5.06. The van der Waals surface area contributed by atoms with E-state index in [-0.39, 0.29) is 13.0 Å². The Balaban J connectivity index is 2.03. The zero-order valence-corrected chi connectivity index (χ0v) is 19.4. The van der Waals surface area contributed by atoms with Crippen molar-refractivity contribution in [2.24, 2.45) is 0 Å². The molecule has 0 radical (unpaired) electrons. The maximum atomic E-state index is 10.4. The molecule has 3 atom stereocenters. The molecule has 1 saturated heterocycles. The summed E-state index contributed by atoms with van der Waals surface area (Å²) in [5.41, 5.74) is 4.31. The van der Waals surface area contributed by atoms with Crippen molar-refractivity contribution in [2.75, 3.05) is 20.3 Å². The molecule has 2 aromatic rings. The fourth-order valence-electron chi connectivity index (χ4n) is 4.01. The molecule has 2 N–H and O–H groups in total. The van der Waals surface area contributed by atoms with Crippen LogP contribution in [0.4, 0.5) is 0 Å². The number of hydrogen-bond donors (Lipinski definition) is 2. The monoisotopic (exact) mass is 478 g/mol. The number of benzene rings is 2. The van der Waals surface area contributed by atoms with Crippen LogP contribution in [0.2, 0.25) is 0 Å². The summed E-state index contributed by atoms with van der Waals surface area (Å²) in [5.74, 6) is -0.543. The van der Waals surface area contributed by atoms with Crippen LogP contribution in [0.25, 0.3) is 0 Å². The topological polar surface area (TPSA) is 68.2 Å². The Morgan fingerprint density at radius 3 is 2.47 bits per heavy atom. The van der Waals surface area contributed by atoms with Crippen LogP contribution in [0.3, 0.4) is 0 Å². The van der Waals surface area contributed by atoms with Gasteiger partial charge in [-0.05, 0) is 48.6 Å². The van der Waals surface area contributed by atoms with Gasteiger partial charge in [0.1, 0.15) is 5.75 Å². The lowest BCUT2D eigenvalue weighted by Crippen LogP contribution is -2.46. The number of methoxy groups -OCH3 is 1. The number of halogens is 1. The van der Waals surface area contributed by atoms with Crippen LogP contribution in [0.15, 0.2) is 40.9 Å². The summed E-state index contributed by atoms with van der Waals surface area (Å²) in [6.45, 7) is 4.38. The average molecular weight is 479 g/mol. The minimum atomic E-state index is -1.18. The molecule has 1 fully saturated rings. The van der Waals surface area contributed by atoms with E-state index in [1.54, 1.807) is 7.11 Å². The molecule has 2 aromatic carbocycles. The zero-order valence-electron chi connectivity index (χ0n) is 17.9. The van der Waals surface area contributed by atoms with Gasteiger partial charge in [-0.25, -0.2) is 0 Å². The second-order valence-corrected chi connectivity index (χ2v) is 8.55. The highest BCUT2D eigenvalue weighted by Gasteiger charge is 2.45. The third-order valence-corrected chi connectivity index (χ3v) is 6.35. The second kappa shape index (κ2) is 10.2. The van der Waals surface area contributed by atoms with Gasteiger partial charge in [0, 0.05) is 24.4 Å². The van der Waals surface area contributed by atoms with E-state index in [1.807, 2.05) is 19.1 Å². The first-order valence-corrected chi connectivity index (χ1v) is 11.3. The Kier molecular flexibility index (Phi) is 7.93. The average Bonchev–Trinajstić information content (AvgIpc) is 2.75. The standard InChI is InChI=1S/C24H31BrO5/c1-4-16-6-8-17(9-7-16)10-18-11-21(23(29-5-2)13-22(18)25)24(28-3)14-19(27)12-20(15-26)30-24/h6-9,11,13,19-20,26-27H,4-5,10,12,14-15H2,1-3H3. The van der Waals surface area contributed by atoms with Crippen molar-refractivity contribution in [3.63, 3.8) is 0 Å². The van der Waals surface area contributed by atoms with Crippen molar-refractivity contribution < 1.29 is 24.4 Å². The molecule has 3 rings (SSSR count). The van der Waals surface area contributed by atoms with E-state index in [0.29, 0.717) is 18.8 Å². The van der Waals surface area contributed by atoms with Crippen molar-refractivity contribution in [3.05, 3.63) is 63.1 Å². The van der Waals surface area contributed by atoms with Gasteiger partial charge in [-0.15, -0.1) is 0 Å². The van der Waals surface area contributed by atoms with E-state index < -0.39 is 18.0 Å². The molecule has 0 saturated carbocycles. The molecule has 5 nitrogen and oxygen atoms in total. The van der Waals surface area contributed by atoms with Crippen LogP contribution in [-0.2, 0) is 28.1 Å². The lowest BCUT2D eigenvalue weighted by atomic mass is 9.90. The van der Waals surface area contributed by atoms with Crippen molar-refractivity contribution in [1.29, 1.82) is 0 Å². The van der Waals surface area contributed by atoms with E-state index in [9.17, 15) is 10.2 Å². The van der Waals surface area contributed by atoms with Crippen molar-refractivity contribution in [2.45, 2.75) is 57.5 Å². The number of hydrogen-bond acceptors (Lipinski definition) is 5. The smallest absolute Gasteiger partial charge is 0.201 e. The van der Waals surface area contributed by atoms with E-state index in [2.05, 4.69) is 47.1 Å². The van der Waals surface area contributed by atoms with Crippen LogP contribution < -0.4 is 4.74 Å². The van der Waals surface area contributed by atoms with Gasteiger partial charge < -0.3 is 24.4 Å². The highest BCUT2D eigenvalue weighted by atomic mass is 79.9. The van der Waals surface area contributed by atoms with Gasteiger partial charge in [-0.2, -0.15) is 0 Å². The Morgan fingerprint density at radius 1 is 1.17 bits per heavy atom. The van der Waals surface area contributed by atoms with Crippen molar-refractivity contribution in [3.8, 4) is 5.75 Å². The lowest BCUT2D eigenvalue weighted by Gasteiger charge is -2.42. The van der Waals surface area contributed by atoms with Gasteiger partial charge >= 0.3 is 0 Å². The molecular formula is C24H31BrO5. The Labute approximate surface area is 187 Å². The van der Waals surface area contributed by atoms with E-state index in [0.717, 1.165) is 28.4 Å². The number of aliphatic hydroxyl groups excluding tert-OH is 2. The predicted octanol–water partition coefficient (Wildman–Crippen LogP) is 4.33. The van der Waals surface area contributed by atoms with Gasteiger partial charge in [-0.3, -0.25) is 0 Å². The fourth-order valence-corrected chi connectivity index (χ4v) is 4.47. The first-order chi connectivity index (χ1) is 14.4. The quantitative estimate of drug-likeness (QED) is 0.590. The van der Waals surface area contributed by atoms with Crippen LogP contribution in [0.1, 0.15) is 48.9 Å². The SMILES string of the molecule is CCOc1cc(Br)c(Cc2ccc(CC)cc2)cc1C1(OC)CC(O)CC(CO)O1. The molecule has 1 aliphatic heterocycles. The fraction of sp³-hybridized carbons (Fsp3) is 0.500. The van der Waals surface area contributed by atoms with Crippen LogP contribution in [-0.4, -0.2) is 42.7 Å². The molecular weight excluding hydrogens is 448 g/mol. The predicted molar refractivity (Wildman–Crippen MR) is 120 cm³/mol. The number of rotatable bonds is 8. The Morgan fingerprint density at radius 2 is 1.87 bits per heavy atom. The Bertz CT molecular complexity index is 838. The van der Waals surface area contributed by atoms with Crippen molar-refractivity contribution in [1.82, 2.24) is 0 Å². The highest BCUT2D eigenvalue weighted by Crippen LogP contribution is 2.44. The molecule has 3 unspecified atom stereocenters. The largest absolute Gasteiger partial charge is 0.493 e. The highest BCUT2D eigenvalue weighted by molar-refractivity contribution is 9.10. The van der Waals surface area contributed by atoms with Crippen LogP contribution in [0.5, 0.6) is 5.75 Å². The number of ether oxygens (including phenoxy) is 3. The molecule has 164 valence electrons. The van der Waals surface area contributed by atoms with E-state index in [4.69, 9.17) is 14.2 Å². The molecule has 6 heteroatoms. The summed E-state index contributed by atoms with van der Waals surface area (Å²) in [5, 5.41) is 20.1. The second-order valence-electron chi connectivity index (χ2n) is 7.69. The molecule has 0 amide bonds. The zero-order chi connectivity index (χ0) is 21.7.